The predicted octanol–water partition coefficient (Wildman–Crippen LogP) is 5.93. The van der Waals surface area contributed by atoms with Crippen molar-refractivity contribution in [2.45, 2.75) is 141 Å². The van der Waals surface area contributed by atoms with Gasteiger partial charge in [0.2, 0.25) is 0 Å². The lowest BCUT2D eigenvalue weighted by Crippen LogP contribution is -2.76. The van der Waals surface area contributed by atoms with Crippen LogP contribution in [0.2, 0.25) is 5.04 Å². The molecule has 1 N–H and O–H groups in total. The number of fused-ring (bicyclic) bond motifs is 5. The average molecular weight is 761 g/mol. The van der Waals surface area contributed by atoms with E-state index in [1.165, 1.54) is 17.3 Å². The van der Waals surface area contributed by atoms with Gasteiger partial charge in [-0.05, 0) is 68.3 Å². The van der Waals surface area contributed by atoms with E-state index in [0.29, 0.717) is 38.9 Å². The van der Waals surface area contributed by atoms with Crippen molar-refractivity contribution in [2.24, 2.45) is 34.5 Å². The summed E-state index contributed by atoms with van der Waals surface area (Å²) in [6.45, 7) is 18.8. The Kier molecular flexibility index (Phi) is 9.10. The van der Waals surface area contributed by atoms with Crippen LogP contribution >= 0.6 is 0 Å². The van der Waals surface area contributed by atoms with Crippen molar-refractivity contribution >= 4 is 30.4 Å². The summed E-state index contributed by atoms with van der Waals surface area (Å²) < 4.78 is 40.3. The van der Waals surface area contributed by atoms with E-state index in [0.717, 1.165) is 0 Å². The number of Topliss-reactive ketones (excluding diaryl/α,β-unsaturated/α-hetero) is 1. The molecule has 2 aromatic rings. The van der Waals surface area contributed by atoms with Crippen molar-refractivity contribution in [1.82, 2.24) is 0 Å². The zero-order valence-electron chi connectivity index (χ0n) is 33.6. The van der Waals surface area contributed by atoms with E-state index < -0.39 is 60.2 Å². The lowest BCUT2D eigenvalue weighted by Gasteiger charge is -2.68. The number of hydrogen-bond acceptors (Lipinski definition) is 9. The molecule has 4 saturated carbocycles. The summed E-state index contributed by atoms with van der Waals surface area (Å²) in [5, 5.41) is 15.6. The molecule has 0 aromatic heterocycles. The Balaban J connectivity index is 1.20. The van der Waals surface area contributed by atoms with Gasteiger partial charge in [-0.25, -0.2) is 0 Å². The third-order valence-electron chi connectivity index (χ3n) is 14.7. The standard InChI is InChI=1S/C44H60O9Si/c1-27(45)50-34-24-42(9)28(25-49-54(39(2,3)4,29-16-12-10-13-17-29)30-18-14-11-15-19-30)20-21-44(42,47)36-32(46)22-31-38-33(51-41(7,8)53-38)23-35-43(31,37(34)36)26-48-40(5,6)52-35/h10-19,28,31,33-38,47H,20-26H2,1-9H3/t28?,31-,33+,34-,35+,36-,37+,38-,42-,43-,44+/m1/s1. The molecular weight excluding hydrogens is 701 g/mol. The number of aliphatic hydroxyl groups is 1. The summed E-state index contributed by atoms with van der Waals surface area (Å²) in [7, 11) is -2.90. The molecule has 2 heterocycles. The van der Waals surface area contributed by atoms with E-state index in [4.69, 9.17) is 28.1 Å². The maximum atomic E-state index is 15.0. The number of carbonyl (C=O) groups excluding carboxylic acids is 2. The van der Waals surface area contributed by atoms with E-state index in [1.807, 2.05) is 39.8 Å². The lowest BCUT2D eigenvalue weighted by atomic mass is 9.40. The molecule has 2 aliphatic heterocycles. The topological polar surface area (TPSA) is 110 Å². The number of rotatable bonds is 6. The fourth-order valence-electron chi connectivity index (χ4n) is 12.6. The predicted molar refractivity (Wildman–Crippen MR) is 205 cm³/mol. The van der Waals surface area contributed by atoms with Gasteiger partial charge >= 0.3 is 5.97 Å². The molecule has 54 heavy (non-hydrogen) atoms. The highest BCUT2D eigenvalue weighted by Crippen LogP contribution is 2.71. The summed E-state index contributed by atoms with van der Waals surface area (Å²) in [6, 6.07) is 21.2. The molecule has 0 bridgehead atoms. The summed E-state index contributed by atoms with van der Waals surface area (Å²) in [4.78, 5) is 28.1. The molecule has 0 amide bonds. The Morgan fingerprint density at radius 3 is 2.15 bits per heavy atom. The Morgan fingerprint density at radius 1 is 0.926 bits per heavy atom. The molecular formula is C44H60O9Si. The second-order valence-corrected chi connectivity index (χ2v) is 23.8. The van der Waals surface area contributed by atoms with Gasteiger partial charge in [0.15, 0.2) is 11.6 Å². The molecule has 10 heteroatoms. The van der Waals surface area contributed by atoms with E-state index in [2.05, 4.69) is 76.2 Å². The van der Waals surface area contributed by atoms with Crippen molar-refractivity contribution < 1.29 is 42.8 Å². The van der Waals surface area contributed by atoms with Crippen LogP contribution in [0.1, 0.15) is 94.4 Å². The highest BCUT2D eigenvalue weighted by molar-refractivity contribution is 6.99. The molecule has 11 atom stereocenters. The number of carbonyl (C=O) groups is 2. The molecule has 4 aliphatic carbocycles. The van der Waals surface area contributed by atoms with Gasteiger partial charge in [0.25, 0.3) is 8.32 Å². The summed E-state index contributed by atoms with van der Waals surface area (Å²) >= 11 is 0. The molecule has 294 valence electrons. The smallest absolute Gasteiger partial charge is 0.302 e. The SMILES string of the molecule is CC(=O)O[C@@H]1C[C@]2(C)C(CO[Si](c3ccccc3)(c3ccccc3)C(C)(C)C)CC[C@]2(O)[C@@H]2C(=O)C[C@@H]3[C@H]4OC(C)(C)O[C@H]4C[C@@H]4OC(C)(C)OC[C@]43[C@H]21. The van der Waals surface area contributed by atoms with Crippen molar-refractivity contribution in [3.05, 3.63) is 60.7 Å². The van der Waals surface area contributed by atoms with E-state index in [-0.39, 0.29) is 47.4 Å². The van der Waals surface area contributed by atoms with E-state index in [9.17, 15) is 14.7 Å². The first kappa shape index (κ1) is 38.4. The van der Waals surface area contributed by atoms with Crippen LogP contribution in [0.25, 0.3) is 0 Å². The zero-order chi connectivity index (χ0) is 38.7. The fraction of sp³-hybridized carbons (Fsp3) is 0.682. The number of benzene rings is 2. The quantitative estimate of drug-likeness (QED) is 0.283. The zero-order valence-corrected chi connectivity index (χ0v) is 34.6. The highest BCUT2D eigenvalue weighted by Gasteiger charge is 2.78. The van der Waals surface area contributed by atoms with Gasteiger partial charge in [0.05, 0.1) is 36.4 Å². The first-order chi connectivity index (χ1) is 25.3. The lowest BCUT2D eigenvalue weighted by molar-refractivity contribution is -0.374. The maximum absolute atomic E-state index is 15.0. The minimum atomic E-state index is -2.90. The Morgan fingerprint density at radius 2 is 1.56 bits per heavy atom. The molecule has 8 rings (SSSR count). The Labute approximate surface area is 321 Å². The van der Waals surface area contributed by atoms with Gasteiger partial charge in [-0.1, -0.05) is 88.4 Å². The molecule has 2 saturated heterocycles. The molecule has 2 aromatic carbocycles. The average Bonchev–Trinajstić information content (AvgIpc) is 3.54. The molecule has 0 radical (unpaired) electrons. The van der Waals surface area contributed by atoms with Crippen molar-refractivity contribution in [1.29, 1.82) is 0 Å². The molecule has 1 unspecified atom stereocenters. The van der Waals surface area contributed by atoms with Crippen LogP contribution in [-0.2, 0) is 37.7 Å². The van der Waals surface area contributed by atoms with Crippen LogP contribution in [0.15, 0.2) is 60.7 Å². The second-order valence-electron chi connectivity index (χ2n) is 19.5. The van der Waals surface area contributed by atoms with Gasteiger partial charge in [0.1, 0.15) is 11.9 Å². The van der Waals surface area contributed by atoms with Gasteiger partial charge in [-0.2, -0.15) is 0 Å². The van der Waals surface area contributed by atoms with E-state index in [1.54, 1.807) is 0 Å². The van der Waals surface area contributed by atoms with Gasteiger partial charge in [-0.3, -0.25) is 9.59 Å². The van der Waals surface area contributed by atoms with Crippen LogP contribution in [0.3, 0.4) is 0 Å². The minimum Gasteiger partial charge on any atom is -0.462 e. The van der Waals surface area contributed by atoms with Gasteiger partial charge in [0, 0.05) is 49.0 Å². The largest absolute Gasteiger partial charge is 0.462 e. The van der Waals surface area contributed by atoms with Crippen LogP contribution in [0.5, 0.6) is 0 Å². The number of hydrogen-bond donors (Lipinski definition) is 1. The summed E-state index contributed by atoms with van der Waals surface area (Å²) in [5.74, 6) is -3.78. The highest BCUT2D eigenvalue weighted by atomic mass is 28.4. The van der Waals surface area contributed by atoms with Gasteiger partial charge in [-0.15, -0.1) is 0 Å². The molecule has 6 fully saturated rings. The Bertz CT molecular complexity index is 1720. The molecule has 9 nitrogen and oxygen atoms in total. The van der Waals surface area contributed by atoms with Crippen molar-refractivity contribution in [3.63, 3.8) is 0 Å². The van der Waals surface area contributed by atoms with Crippen molar-refractivity contribution in [2.75, 3.05) is 13.2 Å². The maximum Gasteiger partial charge on any atom is 0.302 e. The van der Waals surface area contributed by atoms with Crippen LogP contribution < -0.4 is 10.4 Å². The number of esters is 1. The number of ether oxygens (including phenoxy) is 5. The summed E-state index contributed by atoms with van der Waals surface area (Å²) in [6.07, 6.45) is 0.694. The van der Waals surface area contributed by atoms with E-state index >= 15 is 0 Å². The minimum absolute atomic E-state index is 0.00713. The van der Waals surface area contributed by atoms with Crippen LogP contribution in [0.4, 0.5) is 0 Å². The fourth-order valence-corrected chi connectivity index (χ4v) is 17.2. The number of ketones is 1. The second kappa shape index (κ2) is 12.8. The molecule has 6 aliphatic rings. The first-order valence-electron chi connectivity index (χ1n) is 20.1. The molecule has 1 spiro atoms. The first-order valence-corrected chi connectivity index (χ1v) is 22.0. The monoisotopic (exact) mass is 760 g/mol. The van der Waals surface area contributed by atoms with Crippen molar-refractivity contribution in [3.8, 4) is 0 Å². The normalized spacial score (nSPS) is 40.8. The van der Waals surface area contributed by atoms with Crippen LogP contribution in [-0.4, -0.2) is 80.0 Å². The Hall–Kier alpha value is -2.44. The summed E-state index contributed by atoms with van der Waals surface area (Å²) in [5.41, 5.74) is -2.89. The van der Waals surface area contributed by atoms with Crippen LogP contribution in [0, 0.1) is 34.5 Å². The third-order valence-corrected chi connectivity index (χ3v) is 19.7. The third kappa shape index (κ3) is 5.59. The van der Waals surface area contributed by atoms with Gasteiger partial charge < -0.3 is 33.2 Å².